The molecule has 20 heavy (non-hydrogen) atoms. The van der Waals surface area contributed by atoms with Crippen LogP contribution >= 0.6 is 0 Å². The first-order valence-corrected chi connectivity index (χ1v) is 5.90. The summed E-state index contributed by atoms with van der Waals surface area (Å²) in [7, 11) is 1.77. The molecule has 2 aromatic rings. The second-order valence-corrected chi connectivity index (χ2v) is 4.77. The lowest BCUT2D eigenvalue weighted by Crippen LogP contribution is -2.45. The molecule has 0 spiro atoms. The molecule has 2 aromatic heterocycles. The highest BCUT2D eigenvalue weighted by Gasteiger charge is 2.26. The van der Waals surface area contributed by atoms with Crippen molar-refractivity contribution in [3.63, 3.8) is 0 Å². The number of hydrazine groups is 1. The van der Waals surface area contributed by atoms with E-state index in [1.54, 1.807) is 11.9 Å². The molecule has 0 atom stereocenters. The van der Waals surface area contributed by atoms with Crippen molar-refractivity contribution in [2.75, 3.05) is 24.0 Å². The molecule has 0 bridgehead atoms. The topological polar surface area (TPSA) is 131 Å². The van der Waals surface area contributed by atoms with E-state index >= 15 is 0 Å². The highest BCUT2D eigenvalue weighted by molar-refractivity contribution is 5.40. The minimum atomic E-state index is -0.535. The van der Waals surface area contributed by atoms with Gasteiger partial charge in [0.1, 0.15) is 12.7 Å². The number of nitrogen functional groups attached to an aromatic ring is 1. The summed E-state index contributed by atoms with van der Waals surface area (Å²) in [5.41, 5.74) is 1.85. The molecule has 108 valence electrons. The Balaban J connectivity index is 2.46. The summed E-state index contributed by atoms with van der Waals surface area (Å²) in [6.07, 6.45) is 2.84. The molecule has 0 aliphatic carbocycles. The number of nitrogens with two attached hydrogens (primary N) is 1. The number of rotatable bonds is 5. The molecule has 2 heterocycles. The molecule has 10 nitrogen and oxygen atoms in total. The Labute approximate surface area is 115 Å². The van der Waals surface area contributed by atoms with Crippen LogP contribution in [0.2, 0.25) is 0 Å². The minimum Gasteiger partial charge on any atom is -0.394 e. The lowest BCUT2D eigenvalue weighted by molar-refractivity contribution is 0.215. The van der Waals surface area contributed by atoms with Crippen LogP contribution in [-0.2, 0) is 0 Å². The molecule has 2 rings (SSSR count). The highest BCUT2D eigenvalue weighted by atomic mass is 16.3. The molecule has 0 radical (unpaired) electrons. The van der Waals surface area contributed by atoms with Gasteiger partial charge in [-0.15, -0.1) is 0 Å². The quantitative estimate of drug-likeness (QED) is 0.463. The van der Waals surface area contributed by atoms with Crippen LogP contribution in [0.25, 0.3) is 5.95 Å². The van der Waals surface area contributed by atoms with Gasteiger partial charge in [-0.25, -0.2) is 10.8 Å². The number of nitrogens with zero attached hydrogens (tertiary/aromatic N) is 7. The summed E-state index contributed by atoms with van der Waals surface area (Å²) >= 11 is 0. The maximum atomic E-state index is 9.42. The minimum absolute atomic E-state index is 0.0563. The van der Waals surface area contributed by atoms with E-state index in [1.807, 2.05) is 13.8 Å². The first-order chi connectivity index (χ1) is 9.47. The van der Waals surface area contributed by atoms with E-state index in [-0.39, 0.29) is 18.5 Å². The van der Waals surface area contributed by atoms with E-state index < -0.39 is 5.54 Å². The van der Waals surface area contributed by atoms with E-state index in [4.69, 9.17) is 5.84 Å². The Hall–Kier alpha value is -2.33. The maximum Gasteiger partial charge on any atom is 0.258 e. The van der Waals surface area contributed by atoms with Crippen molar-refractivity contribution in [3.8, 4) is 5.95 Å². The van der Waals surface area contributed by atoms with Crippen LogP contribution in [0, 0.1) is 0 Å². The summed E-state index contributed by atoms with van der Waals surface area (Å²) in [6.45, 7) is 3.67. The van der Waals surface area contributed by atoms with Gasteiger partial charge in [-0.3, -0.25) is 5.43 Å². The average Bonchev–Trinajstić information content (AvgIpc) is 3.00. The Morgan fingerprint density at radius 1 is 1.40 bits per heavy atom. The first-order valence-electron chi connectivity index (χ1n) is 5.90. The van der Waals surface area contributed by atoms with E-state index in [0.29, 0.717) is 5.95 Å². The molecule has 0 amide bonds. The monoisotopic (exact) mass is 279 g/mol. The fourth-order valence-corrected chi connectivity index (χ4v) is 1.36. The number of nitrogens with one attached hydrogen (secondary N) is 1. The Bertz CT molecular complexity index is 568. The molecular formula is C10H17N9O. The van der Waals surface area contributed by atoms with Crippen molar-refractivity contribution in [3.05, 3.63) is 12.7 Å². The predicted molar refractivity (Wildman–Crippen MR) is 72.1 cm³/mol. The lowest BCUT2D eigenvalue weighted by Gasteiger charge is -2.33. The summed E-state index contributed by atoms with van der Waals surface area (Å²) in [5.74, 6) is 6.20. The molecule has 0 aromatic carbocycles. The number of hydrogen-bond acceptors (Lipinski definition) is 9. The van der Waals surface area contributed by atoms with Crippen molar-refractivity contribution in [2.45, 2.75) is 19.4 Å². The van der Waals surface area contributed by atoms with Gasteiger partial charge in [-0.2, -0.15) is 24.7 Å². The SMILES string of the molecule is CN(c1nc(NN)nc(-n2cncn2)n1)C(C)(C)CO. The van der Waals surface area contributed by atoms with Crippen LogP contribution in [0.1, 0.15) is 13.8 Å². The van der Waals surface area contributed by atoms with Crippen LogP contribution < -0.4 is 16.2 Å². The third-order valence-electron chi connectivity index (χ3n) is 2.96. The summed E-state index contributed by atoms with van der Waals surface area (Å²) in [5, 5.41) is 13.4. The van der Waals surface area contributed by atoms with Gasteiger partial charge in [-0.05, 0) is 13.8 Å². The van der Waals surface area contributed by atoms with Crippen molar-refractivity contribution >= 4 is 11.9 Å². The number of hydrogen-bond donors (Lipinski definition) is 3. The molecular weight excluding hydrogens is 262 g/mol. The molecule has 10 heteroatoms. The average molecular weight is 279 g/mol. The van der Waals surface area contributed by atoms with Gasteiger partial charge in [-0.1, -0.05) is 0 Å². The molecule has 0 fully saturated rings. The molecule has 0 aliphatic heterocycles. The van der Waals surface area contributed by atoms with Gasteiger partial charge in [0, 0.05) is 7.05 Å². The second kappa shape index (κ2) is 5.35. The van der Waals surface area contributed by atoms with Crippen LogP contribution in [0.5, 0.6) is 0 Å². The van der Waals surface area contributed by atoms with Crippen molar-refractivity contribution in [1.29, 1.82) is 0 Å². The number of aromatic nitrogens is 6. The number of aliphatic hydroxyl groups excluding tert-OH is 1. The molecule has 0 unspecified atom stereocenters. The summed E-state index contributed by atoms with van der Waals surface area (Å²) < 4.78 is 1.39. The van der Waals surface area contributed by atoms with Crippen LogP contribution in [0.3, 0.4) is 0 Å². The number of anilines is 2. The van der Waals surface area contributed by atoms with Gasteiger partial charge in [0.25, 0.3) is 5.95 Å². The van der Waals surface area contributed by atoms with Crippen molar-refractivity contribution in [2.24, 2.45) is 5.84 Å². The van der Waals surface area contributed by atoms with Crippen molar-refractivity contribution in [1.82, 2.24) is 29.7 Å². The number of likely N-dealkylation sites (N-methyl/N-ethyl adjacent to an activating group) is 1. The fourth-order valence-electron chi connectivity index (χ4n) is 1.36. The highest BCUT2D eigenvalue weighted by Crippen LogP contribution is 2.19. The Kier molecular flexibility index (Phi) is 3.77. The van der Waals surface area contributed by atoms with E-state index in [9.17, 15) is 5.11 Å². The zero-order valence-corrected chi connectivity index (χ0v) is 11.5. The summed E-state index contributed by atoms with van der Waals surface area (Å²) in [6, 6.07) is 0. The Morgan fingerprint density at radius 2 is 2.15 bits per heavy atom. The second-order valence-electron chi connectivity index (χ2n) is 4.77. The van der Waals surface area contributed by atoms with Crippen molar-refractivity contribution < 1.29 is 5.11 Å². The zero-order chi connectivity index (χ0) is 14.8. The largest absolute Gasteiger partial charge is 0.394 e. The third kappa shape index (κ3) is 2.65. The zero-order valence-electron chi connectivity index (χ0n) is 11.5. The van der Waals surface area contributed by atoms with E-state index in [0.717, 1.165) is 0 Å². The number of aliphatic hydroxyl groups is 1. The molecule has 0 saturated heterocycles. The molecule has 0 aliphatic rings. The van der Waals surface area contributed by atoms with Crippen LogP contribution in [-0.4, -0.2) is 54.0 Å². The standard InChI is InChI=1S/C10H17N9O/c1-10(2,4-20)18(3)8-14-7(17-11)15-9(16-8)19-6-12-5-13-19/h5-6,20H,4,11H2,1-3H3,(H,14,15,16,17). The molecule has 4 N–H and O–H groups in total. The van der Waals surface area contributed by atoms with Gasteiger partial charge in [0.05, 0.1) is 12.1 Å². The predicted octanol–water partition coefficient (Wildman–Crippen LogP) is -1.05. The summed E-state index contributed by atoms with van der Waals surface area (Å²) in [4.78, 5) is 18.1. The van der Waals surface area contributed by atoms with Gasteiger partial charge >= 0.3 is 0 Å². The Morgan fingerprint density at radius 3 is 2.70 bits per heavy atom. The normalized spacial score (nSPS) is 11.4. The van der Waals surface area contributed by atoms with E-state index in [1.165, 1.54) is 17.3 Å². The first kappa shape index (κ1) is 14.1. The third-order valence-corrected chi connectivity index (χ3v) is 2.96. The van der Waals surface area contributed by atoms with Gasteiger partial charge in [0.2, 0.25) is 11.9 Å². The fraction of sp³-hybridized carbons (Fsp3) is 0.500. The maximum absolute atomic E-state index is 9.42. The van der Waals surface area contributed by atoms with Crippen LogP contribution in [0.15, 0.2) is 12.7 Å². The molecule has 0 saturated carbocycles. The smallest absolute Gasteiger partial charge is 0.258 e. The van der Waals surface area contributed by atoms with Gasteiger partial charge in [0.15, 0.2) is 0 Å². The van der Waals surface area contributed by atoms with Crippen LogP contribution in [0.4, 0.5) is 11.9 Å². The van der Waals surface area contributed by atoms with Gasteiger partial charge < -0.3 is 10.0 Å². The van der Waals surface area contributed by atoms with E-state index in [2.05, 4.69) is 30.5 Å². The lowest BCUT2D eigenvalue weighted by atomic mass is 10.1.